The monoisotopic (exact) mass is 406 g/mol. The Labute approximate surface area is 175 Å². The first kappa shape index (κ1) is 21.4. The number of anilines is 1. The molecule has 1 amide bonds. The summed E-state index contributed by atoms with van der Waals surface area (Å²) in [4.78, 5) is 24.2. The lowest BCUT2D eigenvalue weighted by Crippen LogP contribution is -2.32. The van der Waals surface area contributed by atoms with Crippen LogP contribution in [0.2, 0.25) is 0 Å². The molecule has 7 nitrogen and oxygen atoms in total. The zero-order chi connectivity index (χ0) is 21.3. The van der Waals surface area contributed by atoms with Crippen LogP contribution < -0.4 is 16.2 Å². The number of hydrogen-bond acceptors (Lipinski definition) is 5. The van der Waals surface area contributed by atoms with Crippen LogP contribution in [0, 0.1) is 0 Å². The van der Waals surface area contributed by atoms with Gasteiger partial charge in [-0.2, -0.15) is 5.10 Å². The minimum atomic E-state index is -0.710. The molecule has 0 bridgehead atoms. The van der Waals surface area contributed by atoms with Gasteiger partial charge < -0.3 is 15.7 Å². The molecule has 30 heavy (non-hydrogen) atoms. The number of rotatable bonds is 9. The Morgan fingerprint density at radius 2 is 1.80 bits per heavy atom. The molecule has 1 unspecified atom stereocenters. The number of hydrogen-bond donors (Lipinski definition) is 3. The molecule has 0 fully saturated rings. The number of nitrogens with zero attached hydrogens (tertiary/aromatic N) is 2. The lowest BCUT2D eigenvalue weighted by atomic mass is 10.1. The van der Waals surface area contributed by atoms with Gasteiger partial charge in [-0.05, 0) is 49.2 Å². The van der Waals surface area contributed by atoms with Crippen molar-refractivity contribution in [3.63, 3.8) is 0 Å². The van der Waals surface area contributed by atoms with Gasteiger partial charge in [-0.1, -0.05) is 42.5 Å². The van der Waals surface area contributed by atoms with Gasteiger partial charge in [0.05, 0.1) is 6.10 Å². The van der Waals surface area contributed by atoms with Gasteiger partial charge in [0.25, 0.3) is 5.56 Å². The van der Waals surface area contributed by atoms with Crippen molar-refractivity contribution < 1.29 is 9.90 Å². The molecular weight excluding hydrogens is 380 g/mol. The molecular formula is C23H26N4O3. The van der Waals surface area contributed by atoms with Crippen molar-refractivity contribution in [3.05, 3.63) is 94.4 Å². The Kier molecular flexibility index (Phi) is 7.48. The number of amides is 1. The van der Waals surface area contributed by atoms with Crippen LogP contribution in [0.3, 0.4) is 0 Å². The van der Waals surface area contributed by atoms with Gasteiger partial charge in [-0.25, -0.2) is 4.68 Å². The predicted molar refractivity (Wildman–Crippen MR) is 116 cm³/mol. The van der Waals surface area contributed by atoms with E-state index in [4.69, 9.17) is 0 Å². The van der Waals surface area contributed by atoms with Crippen LogP contribution in [-0.2, 0) is 11.2 Å². The lowest BCUT2D eigenvalue weighted by molar-refractivity contribution is -0.119. The van der Waals surface area contributed by atoms with Gasteiger partial charge >= 0.3 is 0 Å². The van der Waals surface area contributed by atoms with Gasteiger partial charge in [0.1, 0.15) is 6.04 Å². The third-order valence-electron chi connectivity index (χ3n) is 4.82. The van der Waals surface area contributed by atoms with E-state index >= 15 is 0 Å². The molecule has 0 saturated heterocycles. The van der Waals surface area contributed by atoms with Crippen molar-refractivity contribution in [1.82, 2.24) is 15.1 Å². The minimum Gasteiger partial charge on any atom is -0.387 e. The summed E-state index contributed by atoms with van der Waals surface area (Å²) in [5.41, 5.74) is 2.35. The van der Waals surface area contributed by atoms with Gasteiger partial charge in [0.2, 0.25) is 5.91 Å². The third kappa shape index (κ3) is 5.85. The van der Waals surface area contributed by atoms with E-state index in [1.165, 1.54) is 12.3 Å². The normalized spacial score (nSPS) is 12.9. The number of nitrogens with one attached hydrogen (secondary N) is 2. The van der Waals surface area contributed by atoms with E-state index in [-0.39, 0.29) is 11.5 Å². The van der Waals surface area contributed by atoms with Gasteiger partial charge in [0.15, 0.2) is 0 Å². The number of carbonyl (C=O) groups is 1. The summed E-state index contributed by atoms with van der Waals surface area (Å²) in [5, 5.41) is 20.2. The molecule has 3 N–H and O–H groups in total. The molecule has 0 aliphatic rings. The van der Waals surface area contributed by atoms with E-state index < -0.39 is 12.1 Å². The predicted octanol–water partition coefficient (Wildman–Crippen LogP) is 2.31. The summed E-state index contributed by atoms with van der Waals surface area (Å²) in [5.74, 6) is -0.305. The van der Waals surface area contributed by atoms with Crippen LogP contribution >= 0.6 is 0 Å². The molecule has 3 rings (SSSR count). The van der Waals surface area contributed by atoms with Crippen LogP contribution in [0.4, 0.5) is 5.69 Å². The van der Waals surface area contributed by atoms with Crippen molar-refractivity contribution in [2.45, 2.75) is 25.5 Å². The molecule has 3 aromatic rings. The standard InChI is InChI=1S/C23H26N4O3/c1-17(27-22(29)8-5-14-25-27)23(30)26-20-11-9-18(10-12-20)13-15-24-16-21(28)19-6-3-2-4-7-19/h2-12,14,17,21,24,28H,13,15-16H2,1H3,(H,26,30)/t17?,21-/m0/s1. The highest BCUT2D eigenvalue weighted by Gasteiger charge is 2.16. The van der Waals surface area contributed by atoms with Crippen molar-refractivity contribution in [2.24, 2.45) is 0 Å². The summed E-state index contributed by atoms with van der Waals surface area (Å²) in [7, 11) is 0. The van der Waals surface area contributed by atoms with Crippen LogP contribution in [0.25, 0.3) is 0 Å². The average molecular weight is 406 g/mol. The van der Waals surface area contributed by atoms with E-state index in [0.717, 1.165) is 28.8 Å². The fraction of sp³-hybridized carbons (Fsp3) is 0.261. The molecule has 1 heterocycles. The summed E-state index contributed by atoms with van der Waals surface area (Å²) in [6, 6.07) is 19.3. The van der Waals surface area contributed by atoms with Crippen molar-refractivity contribution in [1.29, 1.82) is 0 Å². The second-order valence-electron chi connectivity index (χ2n) is 7.05. The van der Waals surface area contributed by atoms with Gasteiger partial charge in [-0.15, -0.1) is 0 Å². The molecule has 7 heteroatoms. The molecule has 0 saturated carbocycles. The summed E-state index contributed by atoms with van der Waals surface area (Å²) in [6.07, 6.45) is 1.75. The fourth-order valence-corrected chi connectivity index (χ4v) is 3.04. The first-order valence-corrected chi connectivity index (χ1v) is 9.92. The Balaban J connectivity index is 1.45. The maximum atomic E-state index is 12.4. The lowest BCUT2D eigenvalue weighted by Gasteiger charge is -2.14. The number of benzene rings is 2. The number of aliphatic hydroxyl groups excluding tert-OH is 1. The first-order valence-electron chi connectivity index (χ1n) is 9.92. The topological polar surface area (TPSA) is 96.2 Å². The van der Waals surface area contributed by atoms with Crippen LogP contribution in [0.5, 0.6) is 0 Å². The number of aromatic nitrogens is 2. The second kappa shape index (κ2) is 10.5. The van der Waals surface area contributed by atoms with Gasteiger partial charge in [0, 0.05) is 24.5 Å². The minimum absolute atomic E-state index is 0.305. The van der Waals surface area contributed by atoms with E-state index in [0.29, 0.717) is 12.2 Å². The number of carbonyl (C=O) groups excluding carboxylic acids is 1. The third-order valence-corrected chi connectivity index (χ3v) is 4.82. The van der Waals surface area contributed by atoms with Crippen molar-refractivity contribution in [3.8, 4) is 0 Å². The van der Waals surface area contributed by atoms with Gasteiger partial charge in [-0.3, -0.25) is 9.59 Å². The highest BCUT2D eigenvalue weighted by Crippen LogP contribution is 2.13. The Morgan fingerprint density at radius 1 is 1.07 bits per heavy atom. The molecule has 0 aliphatic carbocycles. The summed E-state index contributed by atoms with van der Waals surface area (Å²) < 4.78 is 1.15. The van der Waals surface area contributed by atoms with Crippen LogP contribution in [-0.4, -0.2) is 33.9 Å². The average Bonchev–Trinajstić information content (AvgIpc) is 2.78. The van der Waals surface area contributed by atoms with E-state index in [9.17, 15) is 14.7 Å². The van der Waals surface area contributed by atoms with E-state index in [2.05, 4.69) is 15.7 Å². The van der Waals surface area contributed by atoms with E-state index in [1.807, 2.05) is 54.6 Å². The van der Waals surface area contributed by atoms with Crippen molar-refractivity contribution >= 4 is 11.6 Å². The summed E-state index contributed by atoms with van der Waals surface area (Å²) >= 11 is 0. The first-order chi connectivity index (χ1) is 14.5. The fourth-order valence-electron chi connectivity index (χ4n) is 3.04. The van der Waals surface area contributed by atoms with Crippen LogP contribution in [0.1, 0.15) is 30.2 Å². The zero-order valence-corrected chi connectivity index (χ0v) is 16.9. The summed E-state index contributed by atoms with van der Waals surface area (Å²) in [6.45, 7) is 2.85. The molecule has 0 spiro atoms. The quantitative estimate of drug-likeness (QED) is 0.474. The largest absolute Gasteiger partial charge is 0.387 e. The Hall–Kier alpha value is -3.29. The zero-order valence-electron chi connectivity index (χ0n) is 16.9. The second-order valence-corrected chi connectivity index (χ2v) is 7.05. The smallest absolute Gasteiger partial charge is 0.267 e. The Bertz CT molecular complexity index is 1000. The molecule has 156 valence electrons. The molecule has 2 aromatic carbocycles. The molecule has 0 radical (unpaired) electrons. The Morgan fingerprint density at radius 3 is 2.50 bits per heavy atom. The molecule has 2 atom stereocenters. The highest BCUT2D eigenvalue weighted by molar-refractivity contribution is 5.93. The molecule has 1 aromatic heterocycles. The maximum absolute atomic E-state index is 12.4. The van der Waals surface area contributed by atoms with Crippen molar-refractivity contribution in [2.75, 3.05) is 18.4 Å². The SMILES string of the molecule is CC(C(=O)Nc1ccc(CCNC[C@H](O)c2ccccc2)cc1)n1ncccc1=O. The van der Waals surface area contributed by atoms with E-state index in [1.54, 1.807) is 13.0 Å². The maximum Gasteiger partial charge on any atom is 0.267 e. The van der Waals surface area contributed by atoms with Crippen LogP contribution in [0.15, 0.2) is 77.7 Å². The molecule has 0 aliphatic heterocycles. The number of aliphatic hydroxyl groups is 1. The highest BCUT2D eigenvalue weighted by atomic mass is 16.3.